The first-order chi connectivity index (χ1) is 6.69. The molecule has 0 aliphatic heterocycles. The van der Waals surface area contributed by atoms with Crippen molar-refractivity contribution in [2.75, 3.05) is 6.26 Å². The molecule has 0 aliphatic rings. The minimum atomic E-state index is 0.462. The maximum atomic E-state index is 9.80. The standard InChI is InChI=1S/C10H15BOS2/c1-7-3-8(5-14-11)4-9(6-13-2)10(7)12/h3-4,12H,5-6,11H2,1-2H3. The van der Waals surface area contributed by atoms with Gasteiger partial charge in [0.1, 0.15) is 5.75 Å². The largest absolute Gasteiger partial charge is 0.507 e. The topological polar surface area (TPSA) is 20.2 Å². The maximum absolute atomic E-state index is 9.80. The summed E-state index contributed by atoms with van der Waals surface area (Å²) in [7, 11) is 2.09. The zero-order valence-electron chi connectivity index (χ0n) is 8.83. The Morgan fingerprint density at radius 2 is 2.07 bits per heavy atom. The molecule has 1 N–H and O–H groups in total. The van der Waals surface area contributed by atoms with E-state index in [4.69, 9.17) is 0 Å². The van der Waals surface area contributed by atoms with E-state index >= 15 is 0 Å². The van der Waals surface area contributed by atoms with Gasteiger partial charge in [-0.05, 0) is 24.3 Å². The van der Waals surface area contributed by atoms with Crippen molar-refractivity contribution >= 4 is 30.5 Å². The lowest BCUT2D eigenvalue weighted by atomic mass is 10.1. The van der Waals surface area contributed by atoms with Crippen LogP contribution in [0.1, 0.15) is 16.7 Å². The summed E-state index contributed by atoms with van der Waals surface area (Å²) in [6, 6.07) is 4.17. The molecule has 0 saturated heterocycles. The van der Waals surface area contributed by atoms with Crippen molar-refractivity contribution in [3.8, 4) is 5.75 Å². The molecule has 0 unspecified atom stereocenters. The SMILES string of the molecule is BSCc1cc(C)c(O)c(CSC)c1. The lowest BCUT2D eigenvalue weighted by molar-refractivity contribution is 0.466. The minimum Gasteiger partial charge on any atom is -0.507 e. The number of hydrogen-bond acceptors (Lipinski definition) is 3. The molecule has 14 heavy (non-hydrogen) atoms. The van der Waals surface area contributed by atoms with Crippen LogP contribution in [0.25, 0.3) is 0 Å². The Labute approximate surface area is 95.0 Å². The molecule has 4 heteroatoms. The van der Waals surface area contributed by atoms with E-state index in [-0.39, 0.29) is 0 Å². The molecular weight excluding hydrogens is 211 g/mol. The van der Waals surface area contributed by atoms with Crippen LogP contribution in [0.5, 0.6) is 5.75 Å². The smallest absolute Gasteiger partial charge is 0.174 e. The molecular formula is C10H15BOS2. The number of phenolic OH excluding ortho intramolecular Hbond substituents is 1. The van der Waals surface area contributed by atoms with E-state index in [1.165, 1.54) is 5.56 Å². The summed E-state index contributed by atoms with van der Waals surface area (Å²) in [6.45, 7) is 1.96. The van der Waals surface area contributed by atoms with Crippen LogP contribution in [0.4, 0.5) is 0 Å². The van der Waals surface area contributed by atoms with Gasteiger partial charge in [-0.25, -0.2) is 11.6 Å². The number of thioether (sulfide) groups is 1. The van der Waals surface area contributed by atoms with Crippen LogP contribution < -0.4 is 0 Å². The average Bonchev–Trinajstić information content (AvgIpc) is 2.14. The highest BCUT2D eigenvalue weighted by Crippen LogP contribution is 2.27. The van der Waals surface area contributed by atoms with Gasteiger partial charge in [0.25, 0.3) is 0 Å². The van der Waals surface area contributed by atoms with E-state index in [2.05, 4.69) is 25.5 Å². The predicted octanol–water partition coefficient (Wildman–Crippen LogP) is 2.34. The van der Waals surface area contributed by atoms with Gasteiger partial charge in [0, 0.05) is 17.1 Å². The quantitative estimate of drug-likeness (QED) is 0.796. The number of aryl methyl sites for hydroxylation is 1. The van der Waals surface area contributed by atoms with Gasteiger partial charge in [-0.15, -0.1) is 0 Å². The summed E-state index contributed by atoms with van der Waals surface area (Å²) < 4.78 is 0. The molecule has 0 amide bonds. The van der Waals surface area contributed by atoms with E-state index in [1.54, 1.807) is 11.8 Å². The van der Waals surface area contributed by atoms with Crippen LogP contribution in [0.3, 0.4) is 0 Å². The fourth-order valence-corrected chi connectivity index (χ4v) is 2.48. The Hall–Kier alpha value is -0.215. The maximum Gasteiger partial charge on any atom is 0.174 e. The Kier molecular flexibility index (Phi) is 4.75. The van der Waals surface area contributed by atoms with Gasteiger partial charge in [-0.3, -0.25) is 0 Å². The molecule has 0 radical (unpaired) electrons. The second kappa shape index (κ2) is 5.61. The Balaban J connectivity index is 3.01. The highest BCUT2D eigenvalue weighted by Gasteiger charge is 2.05. The summed E-state index contributed by atoms with van der Waals surface area (Å²) in [5, 5.41) is 9.80. The zero-order valence-corrected chi connectivity index (χ0v) is 10.5. The van der Waals surface area contributed by atoms with Crippen molar-refractivity contribution in [2.45, 2.75) is 18.4 Å². The molecule has 1 nitrogen and oxygen atoms in total. The van der Waals surface area contributed by atoms with Crippen molar-refractivity contribution in [1.29, 1.82) is 0 Å². The normalized spacial score (nSPS) is 10.4. The van der Waals surface area contributed by atoms with Gasteiger partial charge in [-0.1, -0.05) is 12.1 Å². The highest BCUT2D eigenvalue weighted by molar-refractivity contribution is 8.19. The first kappa shape index (κ1) is 11.9. The predicted molar refractivity (Wildman–Crippen MR) is 69.9 cm³/mol. The van der Waals surface area contributed by atoms with Crippen molar-refractivity contribution in [3.63, 3.8) is 0 Å². The molecule has 0 heterocycles. The Morgan fingerprint density at radius 1 is 1.36 bits per heavy atom. The lowest BCUT2D eigenvalue weighted by Crippen LogP contribution is -1.90. The number of rotatable bonds is 4. The second-order valence-electron chi connectivity index (χ2n) is 3.29. The van der Waals surface area contributed by atoms with Gasteiger partial charge in [-0.2, -0.15) is 11.8 Å². The molecule has 0 aliphatic carbocycles. The van der Waals surface area contributed by atoms with E-state index < -0.39 is 0 Å². The Bertz CT molecular complexity index is 315. The fourth-order valence-electron chi connectivity index (χ4n) is 1.45. The molecule has 0 saturated carbocycles. The third kappa shape index (κ3) is 2.89. The summed E-state index contributed by atoms with van der Waals surface area (Å²) in [5.41, 5.74) is 3.35. The summed E-state index contributed by atoms with van der Waals surface area (Å²) >= 11 is 3.55. The van der Waals surface area contributed by atoms with Crippen LogP contribution >= 0.6 is 23.4 Å². The molecule has 0 aromatic heterocycles. The molecule has 0 fully saturated rings. The van der Waals surface area contributed by atoms with Gasteiger partial charge in [0.2, 0.25) is 0 Å². The third-order valence-corrected chi connectivity index (χ3v) is 3.27. The molecule has 0 spiro atoms. The second-order valence-corrected chi connectivity index (χ2v) is 5.02. The Morgan fingerprint density at radius 3 is 2.64 bits per heavy atom. The zero-order chi connectivity index (χ0) is 10.6. The van der Waals surface area contributed by atoms with E-state index in [0.29, 0.717) is 5.75 Å². The van der Waals surface area contributed by atoms with Crippen molar-refractivity contribution in [3.05, 3.63) is 28.8 Å². The van der Waals surface area contributed by atoms with Gasteiger partial charge >= 0.3 is 0 Å². The summed E-state index contributed by atoms with van der Waals surface area (Å²) in [6.07, 6.45) is 2.05. The van der Waals surface area contributed by atoms with E-state index in [1.807, 2.05) is 18.5 Å². The van der Waals surface area contributed by atoms with E-state index in [9.17, 15) is 5.11 Å². The number of benzene rings is 1. The monoisotopic (exact) mass is 226 g/mol. The van der Waals surface area contributed by atoms with Crippen LogP contribution in [-0.2, 0) is 11.5 Å². The number of aromatic hydroxyl groups is 1. The highest BCUT2D eigenvalue weighted by atomic mass is 32.2. The first-order valence-electron chi connectivity index (χ1n) is 4.48. The average molecular weight is 226 g/mol. The number of phenols is 1. The lowest BCUT2D eigenvalue weighted by Gasteiger charge is -2.09. The van der Waals surface area contributed by atoms with Crippen molar-refractivity contribution in [2.24, 2.45) is 0 Å². The third-order valence-electron chi connectivity index (χ3n) is 2.05. The summed E-state index contributed by atoms with van der Waals surface area (Å²) in [4.78, 5) is 0. The first-order valence-corrected chi connectivity index (χ1v) is 7.27. The fraction of sp³-hybridized carbons (Fsp3) is 0.400. The molecule has 0 atom stereocenters. The molecule has 76 valence electrons. The number of hydrogen-bond donors (Lipinski definition) is 1. The van der Waals surface area contributed by atoms with Gasteiger partial charge in [0.05, 0.1) is 0 Å². The molecule has 0 bridgehead atoms. The van der Waals surface area contributed by atoms with Crippen LogP contribution in [0, 0.1) is 6.92 Å². The van der Waals surface area contributed by atoms with Crippen LogP contribution in [-0.4, -0.2) is 18.5 Å². The van der Waals surface area contributed by atoms with Gasteiger partial charge in [0.15, 0.2) is 7.12 Å². The summed E-state index contributed by atoms with van der Waals surface area (Å²) in [5.74, 6) is 2.36. The molecule has 1 aromatic rings. The minimum absolute atomic E-state index is 0.462. The van der Waals surface area contributed by atoms with Crippen molar-refractivity contribution in [1.82, 2.24) is 0 Å². The molecule has 1 rings (SSSR count). The molecule has 1 aromatic carbocycles. The van der Waals surface area contributed by atoms with Crippen molar-refractivity contribution < 1.29 is 5.11 Å². The van der Waals surface area contributed by atoms with Gasteiger partial charge < -0.3 is 5.11 Å². The van der Waals surface area contributed by atoms with Crippen LogP contribution in [0.15, 0.2) is 12.1 Å². The van der Waals surface area contributed by atoms with E-state index in [0.717, 1.165) is 22.6 Å². The van der Waals surface area contributed by atoms with Crippen LogP contribution in [0.2, 0.25) is 0 Å².